The van der Waals surface area contributed by atoms with Crippen molar-refractivity contribution < 1.29 is 15.0 Å². The number of rotatable bonds is 3. The summed E-state index contributed by atoms with van der Waals surface area (Å²) in [5, 5.41) is 20.0. The van der Waals surface area contributed by atoms with E-state index in [-0.39, 0.29) is 5.92 Å². The van der Waals surface area contributed by atoms with Gasteiger partial charge in [-0.3, -0.25) is 4.79 Å². The SMILES string of the molecule is CC1CCC(O)(C(C(=O)O)C2CCCC2)C1. The Morgan fingerprint density at radius 1 is 1.31 bits per heavy atom. The number of carbonyl (C=O) groups is 1. The van der Waals surface area contributed by atoms with Crippen molar-refractivity contribution in [3.05, 3.63) is 0 Å². The van der Waals surface area contributed by atoms with Gasteiger partial charge in [-0.05, 0) is 43.9 Å². The number of hydrogen-bond acceptors (Lipinski definition) is 2. The fraction of sp³-hybridized carbons (Fsp3) is 0.923. The number of aliphatic carboxylic acids is 1. The average molecular weight is 226 g/mol. The lowest BCUT2D eigenvalue weighted by molar-refractivity contribution is -0.156. The van der Waals surface area contributed by atoms with Crippen LogP contribution >= 0.6 is 0 Å². The topological polar surface area (TPSA) is 57.5 Å². The lowest BCUT2D eigenvalue weighted by atomic mass is 9.76. The molecule has 3 atom stereocenters. The molecule has 0 saturated heterocycles. The van der Waals surface area contributed by atoms with E-state index in [4.69, 9.17) is 0 Å². The molecule has 3 heteroatoms. The molecule has 0 aromatic rings. The van der Waals surface area contributed by atoms with Gasteiger partial charge in [-0.15, -0.1) is 0 Å². The summed E-state index contributed by atoms with van der Waals surface area (Å²) in [6.07, 6.45) is 6.51. The number of carboxylic acids is 1. The summed E-state index contributed by atoms with van der Waals surface area (Å²) >= 11 is 0. The third kappa shape index (κ3) is 2.10. The maximum absolute atomic E-state index is 11.4. The van der Waals surface area contributed by atoms with Crippen molar-refractivity contribution in [2.45, 2.75) is 57.5 Å². The molecule has 2 saturated carbocycles. The smallest absolute Gasteiger partial charge is 0.309 e. The number of aliphatic hydroxyl groups is 1. The van der Waals surface area contributed by atoms with Gasteiger partial charge in [-0.1, -0.05) is 19.8 Å². The summed E-state index contributed by atoms with van der Waals surface area (Å²) < 4.78 is 0. The van der Waals surface area contributed by atoms with Crippen LogP contribution in [0.4, 0.5) is 0 Å². The fourth-order valence-corrected chi connectivity index (χ4v) is 3.75. The lowest BCUT2D eigenvalue weighted by Crippen LogP contribution is -2.44. The summed E-state index contributed by atoms with van der Waals surface area (Å²) in [6.45, 7) is 2.10. The highest BCUT2D eigenvalue weighted by atomic mass is 16.4. The lowest BCUT2D eigenvalue weighted by Gasteiger charge is -2.33. The Kier molecular flexibility index (Phi) is 3.24. The van der Waals surface area contributed by atoms with Crippen LogP contribution in [0.2, 0.25) is 0 Å². The second kappa shape index (κ2) is 4.36. The molecule has 0 amide bonds. The van der Waals surface area contributed by atoms with E-state index in [9.17, 15) is 15.0 Å². The first-order valence-electron chi connectivity index (χ1n) is 6.48. The number of hydrogen-bond donors (Lipinski definition) is 2. The van der Waals surface area contributed by atoms with E-state index >= 15 is 0 Å². The number of carboxylic acid groups (broad SMARTS) is 1. The molecule has 0 aliphatic heterocycles. The van der Waals surface area contributed by atoms with Gasteiger partial charge in [-0.2, -0.15) is 0 Å². The van der Waals surface area contributed by atoms with Crippen LogP contribution < -0.4 is 0 Å². The highest BCUT2D eigenvalue weighted by molar-refractivity contribution is 5.72. The molecule has 3 unspecified atom stereocenters. The van der Waals surface area contributed by atoms with Crippen LogP contribution in [0.15, 0.2) is 0 Å². The van der Waals surface area contributed by atoms with Crippen LogP contribution in [-0.4, -0.2) is 21.8 Å². The zero-order valence-corrected chi connectivity index (χ0v) is 9.98. The molecular formula is C13H22O3. The summed E-state index contributed by atoms with van der Waals surface area (Å²) in [6, 6.07) is 0. The van der Waals surface area contributed by atoms with Crippen LogP contribution in [0, 0.1) is 17.8 Å². The van der Waals surface area contributed by atoms with Crippen molar-refractivity contribution >= 4 is 5.97 Å². The van der Waals surface area contributed by atoms with E-state index in [0.717, 1.165) is 32.1 Å². The zero-order valence-electron chi connectivity index (χ0n) is 9.98. The Bertz CT molecular complexity index is 270. The highest BCUT2D eigenvalue weighted by Crippen LogP contribution is 2.46. The first-order valence-corrected chi connectivity index (χ1v) is 6.48. The second-order valence-corrected chi connectivity index (χ2v) is 5.81. The summed E-state index contributed by atoms with van der Waals surface area (Å²) in [5.41, 5.74) is -0.930. The van der Waals surface area contributed by atoms with Gasteiger partial charge in [0.1, 0.15) is 0 Å². The Labute approximate surface area is 96.9 Å². The molecule has 2 aliphatic carbocycles. The summed E-state index contributed by atoms with van der Waals surface area (Å²) in [4.78, 5) is 11.4. The van der Waals surface area contributed by atoms with E-state index < -0.39 is 17.5 Å². The van der Waals surface area contributed by atoms with Crippen LogP contribution in [0.25, 0.3) is 0 Å². The van der Waals surface area contributed by atoms with E-state index in [0.29, 0.717) is 18.8 Å². The van der Waals surface area contributed by atoms with Crippen LogP contribution in [0.5, 0.6) is 0 Å². The molecule has 2 rings (SSSR count). The molecule has 3 nitrogen and oxygen atoms in total. The Balaban J connectivity index is 2.15. The Hall–Kier alpha value is -0.570. The largest absolute Gasteiger partial charge is 0.481 e. The van der Waals surface area contributed by atoms with E-state index in [1.165, 1.54) is 0 Å². The first-order chi connectivity index (χ1) is 7.53. The van der Waals surface area contributed by atoms with Crippen LogP contribution in [-0.2, 0) is 4.79 Å². The minimum absolute atomic E-state index is 0.202. The van der Waals surface area contributed by atoms with Crippen molar-refractivity contribution in [2.75, 3.05) is 0 Å². The van der Waals surface area contributed by atoms with Gasteiger partial charge in [-0.25, -0.2) is 0 Å². The average Bonchev–Trinajstić information content (AvgIpc) is 2.77. The molecule has 16 heavy (non-hydrogen) atoms. The quantitative estimate of drug-likeness (QED) is 0.777. The molecule has 0 aromatic heterocycles. The van der Waals surface area contributed by atoms with Gasteiger partial charge in [0.15, 0.2) is 0 Å². The van der Waals surface area contributed by atoms with Gasteiger partial charge >= 0.3 is 5.97 Å². The summed E-state index contributed by atoms with van der Waals surface area (Å²) in [7, 11) is 0. The molecular weight excluding hydrogens is 204 g/mol. The third-order valence-electron chi connectivity index (χ3n) is 4.49. The monoisotopic (exact) mass is 226 g/mol. The first kappa shape index (κ1) is 11.9. The Morgan fingerprint density at radius 3 is 2.38 bits per heavy atom. The molecule has 0 aromatic carbocycles. The molecule has 0 radical (unpaired) electrons. The van der Waals surface area contributed by atoms with Gasteiger partial charge in [0, 0.05) is 0 Å². The van der Waals surface area contributed by atoms with Crippen LogP contribution in [0.1, 0.15) is 51.9 Å². The Morgan fingerprint density at radius 2 is 1.94 bits per heavy atom. The molecule has 2 fully saturated rings. The molecule has 0 heterocycles. The van der Waals surface area contributed by atoms with Gasteiger partial charge in [0.05, 0.1) is 11.5 Å². The normalized spacial score (nSPS) is 37.8. The molecule has 2 aliphatic rings. The highest BCUT2D eigenvalue weighted by Gasteiger charge is 2.49. The van der Waals surface area contributed by atoms with Crippen molar-refractivity contribution in [3.8, 4) is 0 Å². The zero-order chi connectivity index (χ0) is 11.8. The van der Waals surface area contributed by atoms with Gasteiger partial charge < -0.3 is 10.2 Å². The van der Waals surface area contributed by atoms with Crippen molar-refractivity contribution in [1.29, 1.82) is 0 Å². The van der Waals surface area contributed by atoms with Crippen LogP contribution in [0.3, 0.4) is 0 Å². The van der Waals surface area contributed by atoms with Gasteiger partial charge in [0.2, 0.25) is 0 Å². The molecule has 0 bridgehead atoms. The predicted octanol–water partition coefficient (Wildman–Crippen LogP) is 2.43. The fourth-order valence-electron chi connectivity index (χ4n) is 3.75. The minimum Gasteiger partial charge on any atom is -0.481 e. The maximum atomic E-state index is 11.4. The predicted molar refractivity (Wildman–Crippen MR) is 61.0 cm³/mol. The third-order valence-corrected chi connectivity index (χ3v) is 4.49. The molecule has 0 spiro atoms. The second-order valence-electron chi connectivity index (χ2n) is 5.81. The van der Waals surface area contributed by atoms with E-state index in [2.05, 4.69) is 6.92 Å². The van der Waals surface area contributed by atoms with Crippen molar-refractivity contribution in [1.82, 2.24) is 0 Å². The van der Waals surface area contributed by atoms with E-state index in [1.54, 1.807) is 0 Å². The maximum Gasteiger partial charge on any atom is 0.309 e. The van der Waals surface area contributed by atoms with Crippen molar-refractivity contribution in [2.24, 2.45) is 17.8 Å². The van der Waals surface area contributed by atoms with Gasteiger partial charge in [0.25, 0.3) is 0 Å². The van der Waals surface area contributed by atoms with Crippen molar-refractivity contribution in [3.63, 3.8) is 0 Å². The standard InChI is InChI=1S/C13H22O3/c1-9-6-7-13(16,8-9)11(12(14)15)10-4-2-3-5-10/h9-11,16H,2-8H2,1H3,(H,14,15). The van der Waals surface area contributed by atoms with E-state index in [1.807, 2.05) is 0 Å². The minimum atomic E-state index is -0.930. The summed E-state index contributed by atoms with van der Waals surface area (Å²) in [5.74, 6) is -0.649. The molecule has 2 N–H and O–H groups in total. The molecule has 92 valence electrons.